The van der Waals surface area contributed by atoms with E-state index in [1.165, 1.54) is 19.3 Å². The van der Waals surface area contributed by atoms with Gasteiger partial charge in [0.25, 0.3) is 0 Å². The second-order valence-electron chi connectivity index (χ2n) is 5.41. The predicted molar refractivity (Wildman–Crippen MR) is 69.2 cm³/mol. The molecule has 0 N–H and O–H groups in total. The van der Waals surface area contributed by atoms with E-state index in [4.69, 9.17) is 0 Å². The molecule has 0 aromatic rings. The summed E-state index contributed by atoms with van der Waals surface area (Å²) in [6.45, 7) is 2.39. The molecular weight excluding hydrogens is 354 g/mol. The van der Waals surface area contributed by atoms with Gasteiger partial charge in [0.05, 0.1) is 0 Å². The van der Waals surface area contributed by atoms with Crippen LogP contribution >= 0.6 is 0 Å². The SMILES string of the molecule is CCC1CC2C=CC=CC2[CH]1[Zr+2][C]1=CC=CC1.[Cl-].[Cl-]. The van der Waals surface area contributed by atoms with Gasteiger partial charge in [-0.1, -0.05) is 0 Å². The molecule has 3 aliphatic rings. The molecule has 0 saturated heterocycles. The fourth-order valence-electron chi connectivity index (χ4n) is 3.51. The van der Waals surface area contributed by atoms with E-state index in [1.54, 1.807) is 0 Å². The van der Waals surface area contributed by atoms with Gasteiger partial charge in [-0.2, -0.15) is 0 Å². The van der Waals surface area contributed by atoms with Crippen LogP contribution < -0.4 is 24.8 Å². The van der Waals surface area contributed by atoms with E-state index in [-0.39, 0.29) is 48.0 Å². The first-order valence-corrected chi connectivity index (χ1v) is 9.50. The molecule has 4 unspecified atom stereocenters. The summed E-state index contributed by atoms with van der Waals surface area (Å²) in [5.41, 5.74) is 0. The molecule has 3 aliphatic carbocycles. The van der Waals surface area contributed by atoms with E-state index in [1.807, 2.05) is 3.28 Å². The molecule has 1 fully saturated rings. The molecule has 0 nitrogen and oxygen atoms in total. The van der Waals surface area contributed by atoms with Gasteiger partial charge >= 0.3 is 117 Å². The molecular formula is C16H20Cl2Zr. The Morgan fingerprint density at radius 2 is 1.95 bits per heavy atom. The minimum Gasteiger partial charge on any atom is -1.00 e. The summed E-state index contributed by atoms with van der Waals surface area (Å²) in [5, 5.41) is 0. The van der Waals surface area contributed by atoms with Gasteiger partial charge in [-0.3, -0.25) is 0 Å². The van der Waals surface area contributed by atoms with Gasteiger partial charge in [-0.05, 0) is 0 Å². The molecule has 0 spiro atoms. The van der Waals surface area contributed by atoms with E-state index in [9.17, 15) is 0 Å². The van der Waals surface area contributed by atoms with Crippen molar-refractivity contribution in [3.63, 3.8) is 0 Å². The maximum atomic E-state index is 2.51. The van der Waals surface area contributed by atoms with Crippen molar-refractivity contribution < 1.29 is 48.0 Å². The molecule has 0 heterocycles. The van der Waals surface area contributed by atoms with Gasteiger partial charge in [0.15, 0.2) is 0 Å². The largest absolute Gasteiger partial charge is 1.00 e. The summed E-state index contributed by atoms with van der Waals surface area (Å²) in [6, 6.07) is 0. The molecule has 0 aromatic heterocycles. The van der Waals surface area contributed by atoms with Crippen LogP contribution in [0.15, 0.2) is 45.8 Å². The Hall–Kier alpha value is 0.423. The first kappa shape index (κ1) is 17.5. The Balaban J connectivity index is 0.000000902. The molecule has 0 aromatic carbocycles. The predicted octanol–water partition coefficient (Wildman–Crippen LogP) is -1.50. The molecule has 0 aliphatic heterocycles. The molecule has 0 radical (unpaired) electrons. The summed E-state index contributed by atoms with van der Waals surface area (Å²) < 4.78 is 2.88. The third kappa shape index (κ3) is 3.75. The Kier molecular flexibility index (Phi) is 7.37. The standard InChI is InChI=1S/C11H15.C5H5.2ClH.Zr/c1-2-9-7-10-5-3-4-6-11(10)8-9;1-2-4-5-3-1;;;/h3-7,9-11H,2,8H2,1H3;1-3H,4H2;2*1H;/q;;;;+2/p-2. The third-order valence-corrected chi connectivity index (χ3v) is 9.19. The Bertz CT molecular complexity index is 409. The number of halogens is 2. The van der Waals surface area contributed by atoms with Crippen LogP contribution in [-0.2, 0) is 23.2 Å². The van der Waals surface area contributed by atoms with Gasteiger partial charge in [0.2, 0.25) is 0 Å². The minimum atomic E-state index is -0.353. The van der Waals surface area contributed by atoms with Crippen LogP contribution in [-0.4, -0.2) is 0 Å². The smallest absolute Gasteiger partial charge is 1.00 e. The van der Waals surface area contributed by atoms with E-state index < -0.39 is 0 Å². The maximum absolute atomic E-state index is 2.51. The van der Waals surface area contributed by atoms with E-state index in [0.717, 1.165) is 21.4 Å². The summed E-state index contributed by atoms with van der Waals surface area (Å²) in [6.07, 6.45) is 20.6. The molecule has 102 valence electrons. The number of allylic oxidation sites excluding steroid dienone is 8. The first-order chi connectivity index (χ1) is 8.38. The van der Waals surface area contributed by atoms with Crippen LogP contribution in [0, 0.1) is 17.8 Å². The molecule has 0 bridgehead atoms. The zero-order chi connectivity index (χ0) is 11.7. The monoisotopic (exact) mass is 372 g/mol. The normalized spacial score (nSPS) is 34.1. The van der Waals surface area contributed by atoms with Crippen LogP contribution in [0.2, 0.25) is 3.63 Å². The fourth-order valence-corrected chi connectivity index (χ4v) is 8.46. The topological polar surface area (TPSA) is 0 Å². The van der Waals surface area contributed by atoms with Gasteiger partial charge in [-0.15, -0.1) is 0 Å². The molecule has 19 heavy (non-hydrogen) atoms. The van der Waals surface area contributed by atoms with Crippen molar-refractivity contribution >= 4 is 0 Å². The zero-order valence-electron chi connectivity index (χ0n) is 11.2. The minimum absolute atomic E-state index is 0. The van der Waals surface area contributed by atoms with Crippen molar-refractivity contribution in [1.29, 1.82) is 0 Å². The first-order valence-electron chi connectivity index (χ1n) is 6.85. The molecule has 0 amide bonds. The molecule has 3 heteroatoms. The Morgan fingerprint density at radius 1 is 1.16 bits per heavy atom. The van der Waals surface area contributed by atoms with Crippen LogP contribution in [0.5, 0.6) is 0 Å². The van der Waals surface area contributed by atoms with E-state index in [2.05, 4.69) is 49.5 Å². The van der Waals surface area contributed by atoms with Crippen molar-refractivity contribution in [3.8, 4) is 0 Å². The van der Waals surface area contributed by atoms with Gasteiger partial charge in [0.1, 0.15) is 0 Å². The van der Waals surface area contributed by atoms with Crippen molar-refractivity contribution in [1.82, 2.24) is 0 Å². The van der Waals surface area contributed by atoms with Gasteiger partial charge in [0, 0.05) is 0 Å². The number of fused-ring (bicyclic) bond motifs is 1. The van der Waals surface area contributed by atoms with Crippen molar-refractivity contribution in [3.05, 3.63) is 45.8 Å². The summed E-state index contributed by atoms with van der Waals surface area (Å²) >= 11 is -0.353. The van der Waals surface area contributed by atoms with Gasteiger partial charge in [-0.25, -0.2) is 0 Å². The van der Waals surface area contributed by atoms with Crippen LogP contribution in [0.3, 0.4) is 0 Å². The Morgan fingerprint density at radius 3 is 2.63 bits per heavy atom. The van der Waals surface area contributed by atoms with E-state index >= 15 is 0 Å². The average Bonchev–Trinajstić information content (AvgIpc) is 2.98. The van der Waals surface area contributed by atoms with Crippen molar-refractivity contribution in [2.24, 2.45) is 17.8 Å². The molecule has 1 saturated carbocycles. The second kappa shape index (κ2) is 8.01. The number of rotatable bonds is 3. The van der Waals surface area contributed by atoms with Gasteiger partial charge < -0.3 is 24.8 Å². The van der Waals surface area contributed by atoms with Crippen LogP contribution in [0.1, 0.15) is 26.2 Å². The quantitative estimate of drug-likeness (QED) is 0.564. The molecule has 3 rings (SSSR count). The Labute approximate surface area is 140 Å². The second-order valence-corrected chi connectivity index (χ2v) is 9.34. The third-order valence-electron chi connectivity index (χ3n) is 4.44. The zero-order valence-corrected chi connectivity index (χ0v) is 15.2. The van der Waals surface area contributed by atoms with Crippen molar-refractivity contribution in [2.75, 3.05) is 0 Å². The van der Waals surface area contributed by atoms with Crippen LogP contribution in [0.4, 0.5) is 0 Å². The number of hydrogen-bond acceptors (Lipinski definition) is 0. The van der Waals surface area contributed by atoms with Crippen LogP contribution in [0.25, 0.3) is 0 Å². The fraction of sp³-hybridized carbons (Fsp3) is 0.500. The average molecular weight is 374 g/mol. The summed E-state index contributed by atoms with van der Waals surface area (Å²) in [7, 11) is 0. The summed E-state index contributed by atoms with van der Waals surface area (Å²) in [4.78, 5) is 0. The maximum Gasteiger partial charge on any atom is -1.00 e. The van der Waals surface area contributed by atoms with Crippen molar-refractivity contribution in [2.45, 2.75) is 29.8 Å². The summed E-state index contributed by atoms with van der Waals surface area (Å²) in [5.74, 6) is 2.76. The molecule has 4 atom stereocenters. The number of hydrogen-bond donors (Lipinski definition) is 0. The van der Waals surface area contributed by atoms with E-state index in [0.29, 0.717) is 0 Å².